The van der Waals surface area contributed by atoms with E-state index in [4.69, 9.17) is 0 Å². The molecule has 196 valence electrons. The van der Waals surface area contributed by atoms with Crippen molar-refractivity contribution in [3.8, 4) is 11.1 Å². The lowest BCUT2D eigenvalue weighted by atomic mass is 9.78. The zero-order valence-electron chi connectivity index (χ0n) is 22.2. The second-order valence-corrected chi connectivity index (χ2v) is 10.6. The molecule has 0 heterocycles. The smallest absolute Gasteiger partial charge is 0.166 e. The van der Waals surface area contributed by atoms with Crippen LogP contribution >= 0.6 is 0 Å². The van der Waals surface area contributed by atoms with E-state index < -0.39 is 11.6 Å². The monoisotopic (exact) mass is 504 g/mol. The summed E-state index contributed by atoms with van der Waals surface area (Å²) in [5, 5.41) is 0. The van der Waals surface area contributed by atoms with Crippen molar-refractivity contribution in [3.05, 3.63) is 100 Å². The van der Waals surface area contributed by atoms with Gasteiger partial charge in [0.25, 0.3) is 0 Å². The third-order valence-electron chi connectivity index (χ3n) is 7.82. The molecule has 1 aliphatic carbocycles. The number of halogens is 3. The van der Waals surface area contributed by atoms with Crippen molar-refractivity contribution in [2.45, 2.75) is 84.0 Å². The summed E-state index contributed by atoms with van der Waals surface area (Å²) in [6, 6.07) is 16.8. The highest BCUT2D eigenvalue weighted by Gasteiger charge is 2.25. The summed E-state index contributed by atoms with van der Waals surface area (Å²) in [5.74, 6) is -1.18. The van der Waals surface area contributed by atoms with E-state index in [1.807, 2.05) is 42.5 Å². The molecular weight excluding hydrogens is 465 g/mol. The topological polar surface area (TPSA) is 0 Å². The second kappa shape index (κ2) is 13.1. The van der Waals surface area contributed by atoms with Crippen molar-refractivity contribution in [2.24, 2.45) is 5.92 Å². The average molecular weight is 505 g/mol. The van der Waals surface area contributed by atoms with Gasteiger partial charge in [0.05, 0.1) is 0 Å². The van der Waals surface area contributed by atoms with Gasteiger partial charge < -0.3 is 0 Å². The molecule has 0 aromatic heterocycles. The number of hydrogen-bond acceptors (Lipinski definition) is 0. The van der Waals surface area contributed by atoms with Crippen molar-refractivity contribution >= 4 is 6.08 Å². The van der Waals surface area contributed by atoms with Gasteiger partial charge in [-0.15, -0.1) is 0 Å². The molecule has 3 aromatic rings. The van der Waals surface area contributed by atoms with Gasteiger partial charge in [-0.3, -0.25) is 0 Å². The lowest BCUT2D eigenvalue weighted by Crippen LogP contribution is -2.13. The molecule has 0 nitrogen and oxygen atoms in total. The Morgan fingerprint density at radius 2 is 1.51 bits per heavy atom. The highest BCUT2D eigenvalue weighted by atomic mass is 19.2. The first kappa shape index (κ1) is 27.2. The molecule has 0 aliphatic heterocycles. The molecule has 3 heteroatoms. The minimum absolute atomic E-state index is 0.0278. The van der Waals surface area contributed by atoms with Crippen LogP contribution in [-0.2, 0) is 12.8 Å². The zero-order valence-corrected chi connectivity index (χ0v) is 22.2. The molecule has 0 saturated heterocycles. The summed E-state index contributed by atoms with van der Waals surface area (Å²) in [6.45, 7) is 4.27. The standard InChI is InChI=1S/C34H39F3/c1-3-5-6-8-29-20-15-26(23-32(29)35)10-9-25-13-18-28(19-14-25)31-22-21-30(33(36)34(31)37)27-16-11-24(7-4-2)12-17-27/h9-12,15-17,20-23,25,28H,3-8,13-14,18-19H2,1-2H3/b10-9+. The molecule has 3 aromatic carbocycles. The van der Waals surface area contributed by atoms with Gasteiger partial charge in [-0.1, -0.05) is 93.8 Å². The van der Waals surface area contributed by atoms with Gasteiger partial charge in [-0.05, 0) is 90.7 Å². The summed E-state index contributed by atoms with van der Waals surface area (Å²) in [4.78, 5) is 0. The number of hydrogen-bond donors (Lipinski definition) is 0. The maximum atomic E-state index is 15.1. The summed E-state index contributed by atoms with van der Waals surface area (Å²) >= 11 is 0. The van der Waals surface area contributed by atoms with Crippen LogP contribution in [0.3, 0.4) is 0 Å². The molecule has 0 atom stereocenters. The van der Waals surface area contributed by atoms with Crippen LogP contribution in [0.5, 0.6) is 0 Å². The van der Waals surface area contributed by atoms with Crippen molar-refractivity contribution in [3.63, 3.8) is 0 Å². The molecule has 0 N–H and O–H groups in total. The molecule has 1 fully saturated rings. The maximum absolute atomic E-state index is 15.1. The van der Waals surface area contributed by atoms with Gasteiger partial charge in [0.15, 0.2) is 11.6 Å². The normalized spacial score (nSPS) is 18.0. The minimum atomic E-state index is -0.747. The van der Waals surface area contributed by atoms with E-state index in [0.717, 1.165) is 75.3 Å². The highest BCUT2D eigenvalue weighted by molar-refractivity contribution is 5.65. The van der Waals surface area contributed by atoms with E-state index in [9.17, 15) is 4.39 Å². The number of unbranched alkanes of at least 4 members (excludes halogenated alkanes) is 2. The SMILES string of the molecule is CCCCCc1ccc(/C=C/C2CCC(c3ccc(-c4ccc(CCC)cc4)c(F)c3F)CC2)cc1F. The molecule has 37 heavy (non-hydrogen) atoms. The first-order valence-corrected chi connectivity index (χ1v) is 14.0. The minimum Gasteiger partial charge on any atom is -0.207 e. The molecule has 4 rings (SSSR count). The molecule has 1 saturated carbocycles. The van der Waals surface area contributed by atoms with Crippen LogP contribution in [-0.4, -0.2) is 0 Å². The Bertz CT molecular complexity index is 1180. The summed E-state index contributed by atoms with van der Waals surface area (Å²) < 4.78 is 44.6. The average Bonchev–Trinajstić information content (AvgIpc) is 2.91. The first-order chi connectivity index (χ1) is 18.0. The van der Waals surface area contributed by atoms with Gasteiger partial charge in [0.1, 0.15) is 5.82 Å². The number of benzene rings is 3. The third kappa shape index (κ3) is 6.94. The van der Waals surface area contributed by atoms with Gasteiger partial charge in [-0.2, -0.15) is 0 Å². The van der Waals surface area contributed by atoms with E-state index >= 15 is 8.78 Å². The fourth-order valence-corrected chi connectivity index (χ4v) is 5.55. The molecule has 0 radical (unpaired) electrons. The van der Waals surface area contributed by atoms with Crippen LogP contribution in [0.25, 0.3) is 17.2 Å². The highest BCUT2D eigenvalue weighted by Crippen LogP contribution is 2.39. The predicted octanol–water partition coefficient (Wildman–Crippen LogP) is 10.4. The predicted molar refractivity (Wildman–Crippen MR) is 149 cm³/mol. The van der Waals surface area contributed by atoms with Crippen LogP contribution in [0, 0.1) is 23.4 Å². The molecule has 1 aliphatic rings. The van der Waals surface area contributed by atoms with Crippen molar-refractivity contribution in [2.75, 3.05) is 0 Å². The van der Waals surface area contributed by atoms with E-state index in [-0.39, 0.29) is 11.7 Å². The van der Waals surface area contributed by atoms with E-state index in [2.05, 4.69) is 19.9 Å². The summed E-state index contributed by atoms with van der Waals surface area (Å²) in [5.41, 5.74) is 4.41. The van der Waals surface area contributed by atoms with Crippen molar-refractivity contribution < 1.29 is 13.2 Å². The molecule has 0 bridgehead atoms. The molecule has 0 amide bonds. The Labute approximate surface area is 220 Å². The molecule has 0 unspecified atom stereocenters. The summed E-state index contributed by atoms with van der Waals surface area (Å²) in [6.07, 6.45) is 13.7. The fraction of sp³-hybridized carbons (Fsp3) is 0.412. The Hall–Kier alpha value is -2.81. The Kier molecular flexibility index (Phi) is 9.66. The lowest BCUT2D eigenvalue weighted by Gasteiger charge is -2.27. The Morgan fingerprint density at radius 1 is 0.757 bits per heavy atom. The lowest BCUT2D eigenvalue weighted by molar-refractivity contribution is 0.365. The number of rotatable bonds is 10. The van der Waals surface area contributed by atoms with Gasteiger partial charge in [0, 0.05) is 5.56 Å². The van der Waals surface area contributed by atoms with Crippen molar-refractivity contribution in [1.82, 2.24) is 0 Å². The number of allylic oxidation sites excluding steroid dienone is 1. The van der Waals surface area contributed by atoms with Crippen LogP contribution in [0.4, 0.5) is 13.2 Å². The quantitative estimate of drug-likeness (QED) is 0.241. The third-order valence-corrected chi connectivity index (χ3v) is 7.82. The first-order valence-electron chi connectivity index (χ1n) is 14.0. The molecule has 0 spiro atoms. The zero-order chi connectivity index (χ0) is 26.2. The van der Waals surface area contributed by atoms with Gasteiger partial charge in [-0.25, -0.2) is 13.2 Å². The molecular formula is C34H39F3. The maximum Gasteiger partial charge on any atom is 0.166 e. The largest absolute Gasteiger partial charge is 0.207 e. The van der Waals surface area contributed by atoms with Gasteiger partial charge in [0.2, 0.25) is 0 Å². The van der Waals surface area contributed by atoms with Crippen LogP contribution < -0.4 is 0 Å². The van der Waals surface area contributed by atoms with Crippen molar-refractivity contribution in [1.29, 1.82) is 0 Å². The summed E-state index contributed by atoms with van der Waals surface area (Å²) in [7, 11) is 0. The van der Waals surface area contributed by atoms with Crippen LogP contribution in [0.15, 0.2) is 60.7 Å². The second-order valence-electron chi connectivity index (χ2n) is 10.6. The van der Waals surface area contributed by atoms with Crippen LogP contribution in [0.2, 0.25) is 0 Å². The Balaban J connectivity index is 1.36. The Morgan fingerprint density at radius 3 is 2.19 bits per heavy atom. The van der Waals surface area contributed by atoms with E-state index in [1.54, 1.807) is 18.2 Å². The fourth-order valence-electron chi connectivity index (χ4n) is 5.55. The van der Waals surface area contributed by atoms with E-state index in [0.29, 0.717) is 22.6 Å². The van der Waals surface area contributed by atoms with Crippen LogP contribution in [0.1, 0.15) is 93.4 Å². The van der Waals surface area contributed by atoms with E-state index in [1.165, 1.54) is 5.56 Å². The number of aryl methyl sites for hydroxylation is 2. The van der Waals surface area contributed by atoms with Gasteiger partial charge >= 0.3 is 0 Å².